The number of nitrogens with zero attached hydrogens (tertiary/aromatic N) is 1. The number of benzene rings is 2. The second-order valence-corrected chi connectivity index (χ2v) is 8.31. The van der Waals surface area contributed by atoms with Gasteiger partial charge in [-0.15, -0.1) is 0 Å². The Morgan fingerprint density at radius 2 is 1.62 bits per heavy atom. The van der Waals surface area contributed by atoms with E-state index in [1.54, 1.807) is 38.1 Å². The number of nitro groups is 1. The first kappa shape index (κ1) is 24.9. The van der Waals surface area contributed by atoms with E-state index in [2.05, 4.69) is 16.0 Å². The van der Waals surface area contributed by atoms with Crippen molar-refractivity contribution in [1.82, 2.24) is 5.32 Å². The standard InChI is InChI=1S/C22H26N4O5S/c1-14(2)20(27)23-16-7-5-8-17(13-16)24-22(29)19(10-11-32-3)25-21(28)15-6-4-9-18(12-15)26(30)31/h4-9,12-14,19H,10-11H2,1-3H3,(H,23,27)(H,24,29)(H,25,28). The van der Waals surface area contributed by atoms with Crippen LogP contribution in [0.1, 0.15) is 30.6 Å². The second-order valence-electron chi connectivity index (χ2n) is 7.33. The number of nitrogens with one attached hydrogen (secondary N) is 3. The van der Waals surface area contributed by atoms with Gasteiger partial charge in [0.1, 0.15) is 6.04 Å². The van der Waals surface area contributed by atoms with Crippen LogP contribution in [-0.4, -0.2) is 40.7 Å². The zero-order chi connectivity index (χ0) is 23.7. The first-order chi connectivity index (χ1) is 15.2. The van der Waals surface area contributed by atoms with Gasteiger partial charge < -0.3 is 16.0 Å². The third-order valence-electron chi connectivity index (χ3n) is 4.47. The maximum absolute atomic E-state index is 12.9. The van der Waals surface area contributed by atoms with Gasteiger partial charge >= 0.3 is 0 Å². The Kier molecular flexibility index (Phi) is 9.21. The van der Waals surface area contributed by atoms with Crippen molar-refractivity contribution in [3.8, 4) is 0 Å². The molecule has 2 aromatic rings. The van der Waals surface area contributed by atoms with Crippen molar-refractivity contribution in [1.29, 1.82) is 0 Å². The first-order valence-corrected chi connectivity index (χ1v) is 11.4. The summed E-state index contributed by atoms with van der Waals surface area (Å²) in [5, 5.41) is 19.1. The highest BCUT2D eigenvalue weighted by molar-refractivity contribution is 7.98. The van der Waals surface area contributed by atoms with Crippen molar-refractivity contribution >= 4 is 46.5 Å². The highest BCUT2D eigenvalue weighted by Gasteiger charge is 2.22. The molecule has 0 aliphatic rings. The summed E-state index contributed by atoms with van der Waals surface area (Å²) in [6.07, 6.45) is 2.26. The summed E-state index contributed by atoms with van der Waals surface area (Å²) in [5.74, 6) is -0.709. The third-order valence-corrected chi connectivity index (χ3v) is 5.12. The quantitative estimate of drug-likeness (QED) is 0.368. The lowest BCUT2D eigenvalue weighted by atomic mass is 10.1. The molecule has 0 spiro atoms. The molecule has 3 amide bonds. The molecule has 170 valence electrons. The molecule has 0 aromatic heterocycles. The molecule has 0 aliphatic heterocycles. The van der Waals surface area contributed by atoms with Crippen LogP contribution in [0, 0.1) is 16.0 Å². The smallest absolute Gasteiger partial charge is 0.270 e. The Morgan fingerprint density at radius 1 is 1.00 bits per heavy atom. The lowest BCUT2D eigenvalue weighted by molar-refractivity contribution is -0.384. The Labute approximate surface area is 190 Å². The van der Waals surface area contributed by atoms with E-state index in [0.29, 0.717) is 23.5 Å². The lowest BCUT2D eigenvalue weighted by Gasteiger charge is -2.18. The number of hydrogen-bond acceptors (Lipinski definition) is 6. The van der Waals surface area contributed by atoms with Gasteiger partial charge in [0, 0.05) is 35.0 Å². The summed E-state index contributed by atoms with van der Waals surface area (Å²) in [6.45, 7) is 3.56. The molecule has 1 atom stereocenters. The molecule has 32 heavy (non-hydrogen) atoms. The minimum Gasteiger partial charge on any atom is -0.340 e. The van der Waals surface area contributed by atoms with Crippen molar-refractivity contribution in [2.75, 3.05) is 22.6 Å². The molecule has 0 saturated heterocycles. The largest absolute Gasteiger partial charge is 0.340 e. The predicted octanol–water partition coefficient (Wildman–Crippen LogP) is 3.68. The van der Waals surface area contributed by atoms with Gasteiger partial charge in [0.25, 0.3) is 11.6 Å². The number of nitro benzene ring substituents is 1. The molecule has 1 unspecified atom stereocenters. The van der Waals surface area contributed by atoms with Crippen LogP contribution in [0.15, 0.2) is 48.5 Å². The number of carbonyl (C=O) groups is 3. The predicted molar refractivity (Wildman–Crippen MR) is 126 cm³/mol. The summed E-state index contributed by atoms with van der Waals surface area (Å²) in [5.41, 5.74) is 0.903. The monoisotopic (exact) mass is 458 g/mol. The summed E-state index contributed by atoms with van der Waals surface area (Å²) >= 11 is 1.53. The van der Waals surface area contributed by atoms with E-state index in [-0.39, 0.29) is 23.1 Å². The van der Waals surface area contributed by atoms with Gasteiger partial charge in [-0.05, 0) is 42.7 Å². The first-order valence-electron chi connectivity index (χ1n) is 9.97. The Hall–Kier alpha value is -3.40. The van der Waals surface area contributed by atoms with Gasteiger partial charge in [0.2, 0.25) is 11.8 Å². The maximum atomic E-state index is 12.9. The van der Waals surface area contributed by atoms with Crippen LogP contribution in [0.5, 0.6) is 0 Å². The molecule has 0 radical (unpaired) electrons. The van der Waals surface area contributed by atoms with Gasteiger partial charge in [-0.3, -0.25) is 24.5 Å². The molecule has 0 fully saturated rings. The number of carbonyl (C=O) groups excluding carboxylic acids is 3. The molecule has 0 aliphatic carbocycles. The third kappa shape index (κ3) is 7.38. The lowest BCUT2D eigenvalue weighted by Crippen LogP contribution is -2.44. The zero-order valence-electron chi connectivity index (χ0n) is 18.1. The topological polar surface area (TPSA) is 130 Å². The van der Waals surface area contributed by atoms with Crippen molar-refractivity contribution in [2.24, 2.45) is 5.92 Å². The molecule has 2 aromatic carbocycles. The normalized spacial score (nSPS) is 11.5. The van der Waals surface area contributed by atoms with E-state index in [4.69, 9.17) is 0 Å². The van der Waals surface area contributed by atoms with Crippen molar-refractivity contribution in [3.63, 3.8) is 0 Å². The van der Waals surface area contributed by atoms with Crippen LogP contribution < -0.4 is 16.0 Å². The maximum Gasteiger partial charge on any atom is 0.270 e. The average Bonchev–Trinajstić information content (AvgIpc) is 2.76. The number of hydrogen-bond donors (Lipinski definition) is 3. The molecule has 9 nitrogen and oxygen atoms in total. The minimum absolute atomic E-state index is 0.0968. The fourth-order valence-corrected chi connectivity index (χ4v) is 3.17. The van der Waals surface area contributed by atoms with Crippen LogP contribution in [0.4, 0.5) is 17.1 Å². The molecule has 0 saturated carbocycles. The molecule has 10 heteroatoms. The van der Waals surface area contributed by atoms with Crippen LogP contribution in [0.25, 0.3) is 0 Å². The van der Waals surface area contributed by atoms with Crippen LogP contribution in [0.2, 0.25) is 0 Å². The van der Waals surface area contributed by atoms with E-state index in [1.807, 2.05) is 6.26 Å². The molecule has 3 N–H and O–H groups in total. The fraction of sp³-hybridized carbons (Fsp3) is 0.318. The van der Waals surface area contributed by atoms with E-state index in [1.165, 1.54) is 36.0 Å². The van der Waals surface area contributed by atoms with E-state index in [9.17, 15) is 24.5 Å². The summed E-state index contributed by atoms with van der Waals surface area (Å²) in [6, 6.07) is 11.2. The average molecular weight is 459 g/mol. The van der Waals surface area contributed by atoms with E-state index >= 15 is 0 Å². The molecular weight excluding hydrogens is 432 g/mol. The highest BCUT2D eigenvalue weighted by Crippen LogP contribution is 2.17. The number of anilines is 2. The molecule has 0 heterocycles. The van der Waals surface area contributed by atoms with Gasteiger partial charge in [0.15, 0.2) is 0 Å². The summed E-state index contributed by atoms with van der Waals surface area (Å²) in [7, 11) is 0. The van der Waals surface area contributed by atoms with Crippen molar-refractivity contribution in [2.45, 2.75) is 26.3 Å². The van der Waals surface area contributed by atoms with Gasteiger partial charge in [-0.1, -0.05) is 26.0 Å². The highest BCUT2D eigenvalue weighted by atomic mass is 32.2. The Morgan fingerprint density at radius 3 is 2.22 bits per heavy atom. The molecule has 0 bridgehead atoms. The number of thioether (sulfide) groups is 1. The zero-order valence-corrected chi connectivity index (χ0v) is 18.9. The number of non-ortho nitro benzene ring substituents is 1. The van der Waals surface area contributed by atoms with Crippen molar-refractivity contribution in [3.05, 3.63) is 64.2 Å². The number of rotatable bonds is 10. The Bertz CT molecular complexity index is 996. The van der Waals surface area contributed by atoms with Gasteiger partial charge in [-0.25, -0.2) is 0 Å². The second kappa shape index (κ2) is 11.8. The van der Waals surface area contributed by atoms with E-state index < -0.39 is 22.8 Å². The SMILES string of the molecule is CSCCC(NC(=O)c1cccc([N+](=O)[O-])c1)C(=O)Nc1cccc(NC(=O)C(C)C)c1. The fourth-order valence-electron chi connectivity index (χ4n) is 2.70. The summed E-state index contributed by atoms with van der Waals surface area (Å²) in [4.78, 5) is 47.8. The summed E-state index contributed by atoms with van der Waals surface area (Å²) < 4.78 is 0. The van der Waals surface area contributed by atoms with Crippen LogP contribution >= 0.6 is 11.8 Å². The van der Waals surface area contributed by atoms with Crippen molar-refractivity contribution < 1.29 is 19.3 Å². The van der Waals surface area contributed by atoms with Gasteiger partial charge in [-0.2, -0.15) is 11.8 Å². The number of amides is 3. The van der Waals surface area contributed by atoms with Crippen LogP contribution in [-0.2, 0) is 9.59 Å². The van der Waals surface area contributed by atoms with E-state index in [0.717, 1.165) is 0 Å². The van der Waals surface area contributed by atoms with Gasteiger partial charge in [0.05, 0.1) is 4.92 Å². The Balaban J connectivity index is 2.13. The minimum atomic E-state index is -0.844. The molecule has 2 rings (SSSR count). The van der Waals surface area contributed by atoms with Crippen LogP contribution in [0.3, 0.4) is 0 Å². The molecular formula is C22H26N4O5S.